The first-order chi connectivity index (χ1) is 14.7. The molecular weight excluding hydrogens is 436 g/mol. The van der Waals surface area contributed by atoms with Crippen molar-refractivity contribution < 1.29 is 4.74 Å². The summed E-state index contributed by atoms with van der Waals surface area (Å²) in [5.74, 6) is 2.53. The second-order valence-electron chi connectivity index (χ2n) is 7.66. The predicted molar refractivity (Wildman–Crippen MR) is 128 cm³/mol. The van der Waals surface area contributed by atoms with Gasteiger partial charge < -0.3 is 9.30 Å². The molecule has 4 rings (SSSR count). The molecule has 1 heterocycles. The molecule has 1 unspecified atom stereocenters. The van der Waals surface area contributed by atoms with Crippen LogP contribution in [0.1, 0.15) is 38.2 Å². The van der Waals surface area contributed by atoms with E-state index >= 15 is 0 Å². The Morgan fingerprint density at radius 3 is 2.43 bits per heavy atom. The van der Waals surface area contributed by atoms with E-state index in [1.165, 1.54) is 5.56 Å². The first kappa shape index (κ1) is 20.7. The molecule has 1 aromatic heterocycles. The fraction of sp³-hybridized carbons (Fsp3) is 0.269. The van der Waals surface area contributed by atoms with E-state index < -0.39 is 0 Å². The lowest BCUT2D eigenvalue weighted by Crippen LogP contribution is -2.06. The number of aryl methyl sites for hydroxylation is 1. The van der Waals surface area contributed by atoms with Crippen LogP contribution < -0.4 is 4.74 Å². The molecule has 0 saturated carbocycles. The molecule has 0 fully saturated rings. The van der Waals surface area contributed by atoms with Gasteiger partial charge in [0, 0.05) is 16.6 Å². The minimum Gasteiger partial charge on any atom is -0.494 e. The summed E-state index contributed by atoms with van der Waals surface area (Å²) in [4.78, 5) is 4.89. The number of imidazole rings is 1. The third kappa shape index (κ3) is 4.59. The van der Waals surface area contributed by atoms with Gasteiger partial charge in [-0.1, -0.05) is 66.2 Å². The van der Waals surface area contributed by atoms with Gasteiger partial charge in [0.2, 0.25) is 0 Å². The van der Waals surface area contributed by atoms with Gasteiger partial charge in [-0.2, -0.15) is 0 Å². The molecule has 3 nitrogen and oxygen atoms in total. The summed E-state index contributed by atoms with van der Waals surface area (Å²) in [6.45, 7) is 6.01. The zero-order chi connectivity index (χ0) is 20.9. The van der Waals surface area contributed by atoms with Crippen molar-refractivity contribution in [1.29, 1.82) is 0 Å². The molecule has 0 bridgehead atoms. The van der Waals surface area contributed by atoms with Crippen LogP contribution in [0.25, 0.3) is 22.4 Å². The van der Waals surface area contributed by atoms with E-state index in [-0.39, 0.29) is 0 Å². The standard InChI is InChI=1S/C26H27BrN2O/c1-3-19(2)20-11-15-23(16-12-20)30-18-6-17-29-25-8-5-4-7-24(25)28-26(29)21-9-13-22(27)14-10-21/h4-5,7-16,19H,3,6,17-18H2,1-2H3. The largest absolute Gasteiger partial charge is 0.494 e. The highest BCUT2D eigenvalue weighted by Crippen LogP contribution is 2.27. The van der Waals surface area contributed by atoms with E-state index in [0.29, 0.717) is 12.5 Å². The smallest absolute Gasteiger partial charge is 0.141 e. The van der Waals surface area contributed by atoms with Crippen molar-refractivity contribution in [3.63, 3.8) is 0 Å². The molecule has 0 aliphatic heterocycles. The minimum atomic E-state index is 0.589. The zero-order valence-electron chi connectivity index (χ0n) is 17.5. The van der Waals surface area contributed by atoms with Crippen LogP contribution in [-0.4, -0.2) is 16.2 Å². The average Bonchev–Trinajstić information content (AvgIpc) is 3.15. The Kier molecular flexibility index (Phi) is 6.53. The van der Waals surface area contributed by atoms with Gasteiger partial charge in [-0.15, -0.1) is 0 Å². The van der Waals surface area contributed by atoms with E-state index in [2.05, 4.69) is 101 Å². The Bertz CT molecular complexity index is 1100. The van der Waals surface area contributed by atoms with Crippen molar-refractivity contribution in [2.75, 3.05) is 6.61 Å². The predicted octanol–water partition coefficient (Wildman–Crippen LogP) is 7.45. The fourth-order valence-electron chi connectivity index (χ4n) is 3.66. The molecule has 0 spiro atoms. The molecule has 30 heavy (non-hydrogen) atoms. The van der Waals surface area contributed by atoms with E-state index in [4.69, 9.17) is 9.72 Å². The van der Waals surface area contributed by atoms with Crippen molar-refractivity contribution in [3.05, 3.63) is 82.8 Å². The van der Waals surface area contributed by atoms with Crippen molar-refractivity contribution >= 4 is 27.0 Å². The molecule has 0 aliphatic rings. The van der Waals surface area contributed by atoms with Gasteiger partial charge in [0.25, 0.3) is 0 Å². The summed E-state index contributed by atoms with van der Waals surface area (Å²) in [5, 5.41) is 0. The summed E-state index contributed by atoms with van der Waals surface area (Å²) in [6.07, 6.45) is 2.07. The van der Waals surface area contributed by atoms with Gasteiger partial charge in [-0.05, 0) is 60.7 Å². The van der Waals surface area contributed by atoms with Crippen molar-refractivity contribution in [1.82, 2.24) is 9.55 Å². The lowest BCUT2D eigenvalue weighted by Gasteiger charge is -2.12. The van der Waals surface area contributed by atoms with E-state index in [1.54, 1.807) is 0 Å². The number of fused-ring (bicyclic) bond motifs is 1. The maximum absolute atomic E-state index is 6.01. The number of rotatable bonds is 8. The molecule has 4 heteroatoms. The van der Waals surface area contributed by atoms with E-state index in [0.717, 1.165) is 52.0 Å². The molecule has 0 N–H and O–H groups in total. The first-order valence-corrected chi connectivity index (χ1v) is 11.4. The van der Waals surface area contributed by atoms with Gasteiger partial charge in [0.05, 0.1) is 17.6 Å². The summed E-state index contributed by atoms with van der Waals surface area (Å²) in [5.41, 5.74) is 4.68. The normalized spacial score (nSPS) is 12.2. The number of halogens is 1. The van der Waals surface area contributed by atoms with Gasteiger partial charge in [-0.25, -0.2) is 4.98 Å². The van der Waals surface area contributed by atoms with Crippen molar-refractivity contribution in [2.45, 2.75) is 39.2 Å². The highest BCUT2D eigenvalue weighted by Gasteiger charge is 2.12. The number of hydrogen-bond donors (Lipinski definition) is 0. The van der Waals surface area contributed by atoms with Crippen LogP contribution in [-0.2, 0) is 6.54 Å². The number of hydrogen-bond acceptors (Lipinski definition) is 2. The average molecular weight is 463 g/mol. The Morgan fingerprint density at radius 1 is 0.967 bits per heavy atom. The van der Waals surface area contributed by atoms with Crippen LogP contribution in [0, 0.1) is 0 Å². The second kappa shape index (κ2) is 9.48. The quantitative estimate of drug-likeness (QED) is 0.254. The number of para-hydroxylation sites is 2. The van der Waals surface area contributed by atoms with E-state index in [1.807, 2.05) is 6.07 Å². The number of benzene rings is 3. The molecule has 3 aromatic carbocycles. The van der Waals surface area contributed by atoms with Gasteiger partial charge in [-0.3, -0.25) is 0 Å². The fourth-order valence-corrected chi connectivity index (χ4v) is 3.93. The third-order valence-electron chi connectivity index (χ3n) is 5.61. The highest BCUT2D eigenvalue weighted by atomic mass is 79.9. The van der Waals surface area contributed by atoms with Crippen molar-refractivity contribution in [2.24, 2.45) is 0 Å². The summed E-state index contributed by atoms with van der Waals surface area (Å²) >= 11 is 3.52. The molecule has 4 aromatic rings. The van der Waals surface area contributed by atoms with Crippen LogP contribution in [0.4, 0.5) is 0 Å². The summed E-state index contributed by atoms with van der Waals surface area (Å²) in [6, 6.07) is 25.2. The van der Waals surface area contributed by atoms with Gasteiger partial charge >= 0.3 is 0 Å². The molecular formula is C26H27BrN2O. The first-order valence-electron chi connectivity index (χ1n) is 10.6. The highest BCUT2D eigenvalue weighted by molar-refractivity contribution is 9.10. The molecule has 0 saturated heterocycles. The maximum atomic E-state index is 6.01. The minimum absolute atomic E-state index is 0.589. The van der Waals surface area contributed by atoms with Gasteiger partial charge in [0.15, 0.2) is 0 Å². The summed E-state index contributed by atoms with van der Waals surface area (Å²) < 4.78 is 9.38. The maximum Gasteiger partial charge on any atom is 0.141 e. The molecule has 0 radical (unpaired) electrons. The topological polar surface area (TPSA) is 27.1 Å². The Morgan fingerprint density at radius 2 is 1.70 bits per heavy atom. The number of nitrogens with zero attached hydrogens (tertiary/aromatic N) is 2. The Hall–Kier alpha value is -2.59. The molecule has 154 valence electrons. The zero-order valence-corrected chi connectivity index (χ0v) is 19.1. The lowest BCUT2D eigenvalue weighted by molar-refractivity contribution is 0.302. The molecule has 0 aliphatic carbocycles. The van der Waals surface area contributed by atoms with Crippen LogP contribution in [0.15, 0.2) is 77.3 Å². The number of ether oxygens (including phenoxy) is 1. The third-order valence-corrected chi connectivity index (χ3v) is 6.14. The SMILES string of the molecule is CCC(C)c1ccc(OCCCn2c(-c3ccc(Br)cc3)nc3ccccc32)cc1. The van der Waals surface area contributed by atoms with Crippen LogP contribution in [0.5, 0.6) is 5.75 Å². The van der Waals surface area contributed by atoms with Crippen LogP contribution in [0.3, 0.4) is 0 Å². The second-order valence-corrected chi connectivity index (χ2v) is 8.58. The lowest BCUT2D eigenvalue weighted by atomic mass is 9.99. The van der Waals surface area contributed by atoms with Crippen LogP contribution >= 0.6 is 15.9 Å². The molecule has 0 amide bonds. The number of aromatic nitrogens is 2. The Labute approximate surface area is 186 Å². The monoisotopic (exact) mass is 462 g/mol. The van der Waals surface area contributed by atoms with Crippen LogP contribution in [0.2, 0.25) is 0 Å². The molecule has 1 atom stereocenters. The Balaban J connectivity index is 1.46. The van der Waals surface area contributed by atoms with Gasteiger partial charge in [0.1, 0.15) is 11.6 Å². The van der Waals surface area contributed by atoms with Crippen molar-refractivity contribution in [3.8, 4) is 17.1 Å². The summed E-state index contributed by atoms with van der Waals surface area (Å²) in [7, 11) is 0. The van der Waals surface area contributed by atoms with E-state index in [9.17, 15) is 0 Å².